The summed E-state index contributed by atoms with van der Waals surface area (Å²) < 4.78 is 1.27. The molecule has 0 aliphatic carbocycles. The van der Waals surface area contributed by atoms with Crippen molar-refractivity contribution < 1.29 is 9.90 Å². The zero-order valence-electron chi connectivity index (χ0n) is 19.0. The van der Waals surface area contributed by atoms with Gasteiger partial charge in [-0.2, -0.15) is 15.0 Å². The van der Waals surface area contributed by atoms with Crippen molar-refractivity contribution in [1.29, 1.82) is 5.26 Å². The van der Waals surface area contributed by atoms with Crippen LogP contribution in [0.1, 0.15) is 21.5 Å². The number of aromatic nitrogens is 4. The molecule has 10 nitrogen and oxygen atoms in total. The lowest BCUT2D eigenvalue weighted by Gasteiger charge is -2.11. The number of nitrogens with one attached hydrogen (secondary N) is 1. The molecule has 2 heterocycles. The Bertz CT molecular complexity index is 1650. The van der Waals surface area contributed by atoms with Gasteiger partial charge in [0.15, 0.2) is 11.6 Å². The van der Waals surface area contributed by atoms with Crippen LogP contribution in [0.3, 0.4) is 0 Å². The van der Waals surface area contributed by atoms with Gasteiger partial charge in [-0.25, -0.2) is 9.97 Å². The molecule has 2 aromatic heterocycles. The quantitative estimate of drug-likeness (QED) is 0.328. The van der Waals surface area contributed by atoms with E-state index in [2.05, 4.69) is 30.6 Å². The zero-order valence-corrected chi connectivity index (χ0v) is 19.0. The number of aromatic hydroxyl groups is 1. The van der Waals surface area contributed by atoms with Crippen molar-refractivity contribution in [2.75, 3.05) is 5.32 Å². The summed E-state index contributed by atoms with van der Waals surface area (Å²) in [6.07, 6.45) is 4.40. The number of benzene rings is 3. The van der Waals surface area contributed by atoms with Crippen LogP contribution in [0.2, 0.25) is 0 Å². The SMILES string of the molecule is Cc1ccc(NC(=O)c2cc3ccccc3c(/N=N/c3c(C#N)cnn3-c3ncccn3)c2O)cc1. The van der Waals surface area contributed by atoms with Gasteiger partial charge in [-0.15, -0.1) is 10.2 Å². The van der Waals surface area contributed by atoms with E-state index >= 15 is 0 Å². The molecular formula is C26H18N8O2. The number of phenols is 1. The minimum atomic E-state index is -0.501. The highest BCUT2D eigenvalue weighted by Crippen LogP contribution is 2.40. The number of aryl methyl sites for hydroxylation is 1. The number of hydrogen-bond acceptors (Lipinski definition) is 8. The number of nitriles is 1. The van der Waals surface area contributed by atoms with E-state index in [4.69, 9.17) is 0 Å². The maximum Gasteiger partial charge on any atom is 0.259 e. The Morgan fingerprint density at radius 3 is 2.56 bits per heavy atom. The first-order valence-electron chi connectivity index (χ1n) is 10.8. The van der Waals surface area contributed by atoms with Crippen molar-refractivity contribution in [2.45, 2.75) is 6.92 Å². The number of rotatable bonds is 5. The van der Waals surface area contributed by atoms with Crippen LogP contribution in [0.4, 0.5) is 17.2 Å². The van der Waals surface area contributed by atoms with E-state index in [0.29, 0.717) is 16.5 Å². The minimum Gasteiger partial charge on any atom is -0.505 e. The fourth-order valence-corrected chi connectivity index (χ4v) is 3.59. The van der Waals surface area contributed by atoms with Crippen molar-refractivity contribution in [3.8, 4) is 17.8 Å². The lowest BCUT2D eigenvalue weighted by molar-refractivity contribution is 0.102. The maximum absolute atomic E-state index is 13.1. The molecule has 2 N–H and O–H groups in total. The first kappa shape index (κ1) is 22.4. The predicted octanol–water partition coefficient (Wildman–Crippen LogP) is 5.37. The number of fused-ring (bicyclic) bond motifs is 1. The van der Waals surface area contributed by atoms with E-state index in [1.54, 1.807) is 42.5 Å². The summed E-state index contributed by atoms with van der Waals surface area (Å²) in [6, 6.07) is 19.7. The molecule has 0 radical (unpaired) electrons. The third-order valence-corrected chi connectivity index (χ3v) is 5.40. The van der Waals surface area contributed by atoms with Gasteiger partial charge in [-0.3, -0.25) is 4.79 Å². The van der Waals surface area contributed by atoms with Gasteiger partial charge in [-0.1, -0.05) is 42.0 Å². The van der Waals surface area contributed by atoms with Crippen molar-refractivity contribution in [2.24, 2.45) is 10.2 Å². The highest BCUT2D eigenvalue weighted by atomic mass is 16.3. The van der Waals surface area contributed by atoms with E-state index in [1.165, 1.54) is 23.3 Å². The summed E-state index contributed by atoms with van der Waals surface area (Å²) in [7, 11) is 0. The van der Waals surface area contributed by atoms with E-state index < -0.39 is 5.91 Å². The Morgan fingerprint density at radius 1 is 1.06 bits per heavy atom. The van der Waals surface area contributed by atoms with Gasteiger partial charge in [0.25, 0.3) is 11.9 Å². The Hall–Kier alpha value is -5.43. The molecule has 0 aliphatic heterocycles. The molecule has 0 aliphatic rings. The van der Waals surface area contributed by atoms with Gasteiger partial charge >= 0.3 is 0 Å². The van der Waals surface area contributed by atoms with E-state index in [1.807, 2.05) is 31.2 Å². The third-order valence-electron chi connectivity index (χ3n) is 5.40. The average Bonchev–Trinajstić information content (AvgIpc) is 3.32. The molecule has 0 atom stereocenters. The van der Waals surface area contributed by atoms with Crippen LogP contribution >= 0.6 is 0 Å². The number of anilines is 1. The third kappa shape index (κ3) is 4.24. The molecule has 0 bridgehead atoms. The maximum atomic E-state index is 13.1. The number of azo groups is 1. The molecule has 5 rings (SSSR count). The summed E-state index contributed by atoms with van der Waals surface area (Å²) in [5.41, 5.74) is 1.90. The average molecular weight is 474 g/mol. The van der Waals surface area contributed by atoms with Crippen molar-refractivity contribution in [3.63, 3.8) is 0 Å². The monoisotopic (exact) mass is 474 g/mol. The molecule has 5 aromatic rings. The second-order valence-electron chi connectivity index (χ2n) is 7.82. The van der Waals surface area contributed by atoms with Gasteiger partial charge in [0.2, 0.25) is 0 Å². The highest BCUT2D eigenvalue weighted by Gasteiger charge is 2.20. The molecule has 174 valence electrons. The number of phenolic OH excluding ortho intramolecular Hbond substituents is 1. The van der Waals surface area contributed by atoms with Gasteiger partial charge < -0.3 is 10.4 Å². The number of carbonyl (C=O) groups is 1. The Morgan fingerprint density at radius 2 is 1.81 bits per heavy atom. The Kier molecular flexibility index (Phi) is 5.86. The molecule has 0 saturated heterocycles. The Balaban J connectivity index is 1.60. The molecule has 1 amide bonds. The fraction of sp³-hybridized carbons (Fsp3) is 0.0385. The van der Waals surface area contributed by atoms with Crippen LogP contribution in [0, 0.1) is 18.3 Å². The molecule has 0 unspecified atom stereocenters. The summed E-state index contributed by atoms with van der Waals surface area (Å²) in [4.78, 5) is 21.3. The summed E-state index contributed by atoms with van der Waals surface area (Å²) >= 11 is 0. The lowest BCUT2D eigenvalue weighted by Crippen LogP contribution is -2.12. The van der Waals surface area contributed by atoms with Crippen LogP contribution in [-0.2, 0) is 0 Å². The van der Waals surface area contributed by atoms with Crippen molar-refractivity contribution in [3.05, 3.63) is 95.9 Å². The number of carbonyl (C=O) groups excluding carboxylic acids is 1. The normalized spacial score (nSPS) is 11.0. The number of amides is 1. The number of nitrogens with zero attached hydrogens (tertiary/aromatic N) is 7. The topological polar surface area (TPSA) is 141 Å². The lowest BCUT2D eigenvalue weighted by atomic mass is 10.0. The molecule has 0 spiro atoms. The largest absolute Gasteiger partial charge is 0.505 e. The van der Waals surface area contributed by atoms with Crippen LogP contribution in [0.5, 0.6) is 5.75 Å². The van der Waals surface area contributed by atoms with Crippen LogP contribution in [0.15, 0.2) is 89.5 Å². The minimum absolute atomic E-state index is 0.0311. The van der Waals surface area contributed by atoms with Gasteiger partial charge in [-0.05, 0) is 36.6 Å². The second-order valence-corrected chi connectivity index (χ2v) is 7.82. The zero-order chi connectivity index (χ0) is 25.1. The highest BCUT2D eigenvalue weighted by molar-refractivity contribution is 6.11. The smallest absolute Gasteiger partial charge is 0.259 e. The fourth-order valence-electron chi connectivity index (χ4n) is 3.59. The van der Waals surface area contributed by atoms with Crippen LogP contribution in [0.25, 0.3) is 16.7 Å². The first-order valence-corrected chi connectivity index (χ1v) is 10.8. The Labute approximate surface area is 205 Å². The molecular weight excluding hydrogens is 456 g/mol. The van der Waals surface area contributed by atoms with Gasteiger partial charge in [0, 0.05) is 23.5 Å². The van der Waals surface area contributed by atoms with Crippen LogP contribution in [-0.4, -0.2) is 30.8 Å². The molecule has 0 saturated carbocycles. The molecule has 10 heteroatoms. The first-order chi connectivity index (χ1) is 17.5. The second kappa shape index (κ2) is 9.44. The molecule has 36 heavy (non-hydrogen) atoms. The summed E-state index contributed by atoms with van der Waals surface area (Å²) in [6.45, 7) is 1.95. The van der Waals surface area contributed by atoms with Crippen molar-refractivity contribution >= 4 is 33.9 Å². The van der Waals surface area contributed by atoms with E-state index in [9.17, 15) is 15.2 Å². The van der Waals surface area contributed by atoms with Gasteiger partial charge in [0.05, 0.1) is 11.8 Å². The molecule has 3 aromatic carbocycles. The summed E-state index contributed by atoms with van der Waals surface area (Å²) in [5.74, 6) is -0.559. The number of hydrogen-bond donors (Lipinski definition) is 2. The predicted molar refractivity (Wildman–Crippen MR) is 133 cm³/mol. The molecule has 0 fully saturated rings. The van der Waals surface area contributed by atoms with E-state index in [0.717, 1.165) is 5.56 Å². The standard InChI is InChI=1S/C26H18N8O2/c1-16-7-9-19(10-8-16)31-25(36)21-13-17-5-2-3-6-20(17)22(23(21)35)32-33-24-18(14-27)15-30-34(24)26-28-11-4-12-29-26/h2-13,15,35H,1H3,(H,31,36)/b33-32+. The van der Waals surface area contributed by atoms with Gasteiger partial charge in [0.1, 0.15) is 17.3 Å². The summed E-state index contributed by atoms with van der Waals surface area (Å²) in [5, 5.41) is 37.3. The van der Waals surface area contributed by atoms with Crippen LogP contribution < -0.4 is 5.32 Å². The van der Waals surface area contributed by atoms with Crippen molar-refractivity contribution in [1.82, 2.24) is 19.7 Å². The van der Waals surface area contributed by atoms with E-state index in [-0.39, 0.29) is 34.3 Å².